The fourth-order valence-electron chi connectivity index (χ4n) is 9.87. The molecule has 0 amide bonds. The van der Waals surface area contributed by atoms with Gasteiger partial charge in [0.1, 0.15) is 23.4 Å². The SMILES string of the molecule is C=C(C)C(=O)OC1(C(C)C)CCCC1.C=C(C)C(=O)OC12CC3CC(CC(O)(C3)C1)C2.C=C(C)C(=O)OC1C2CC3C(=O)OC1C3C2. The zero-order valence-corrected chi connectivity index (χ0v) is 28.9. The normalized spacial score (nSPS) is 37.6. The molecule has 7 unspecified atom stereocenters. The Kier molecular flexibility index (Phi) is 9.91. The molecule has 0 aromatic rings. The first-order valence-electron chi connectivity index (χ1n) is 17.5. The number of hydrogen-bond acceptors (Lipinski definition) is 9. The van der Waals surface area contributed by atoms with Crippen LogP contribution < -0.4 is 0 Å². The monoisotopic (exact) mass is 654 g/mol. The van der Waals surface area contributed by atoms with Crippen LogP contribution in [0.15, 0.2) is 36.5 Å². The van der Waals surface area contributed by atoms with Gasteiger partial charge in [-0.25, -0.2) is 14.4 Å². The van der Waals surface area contributed by atoms with Gasteiger partial charge in [0, 0.05) is 35.0 Å². The second-order valence-electron chi connectivity index (χ2n) is 16.2. The topological polar surface area (TPSA) is 125 Å². The molecule has 9 nitrogen and oxygen atoms in total. The largest absolute Gasteiger partial charge is 0.458 e. The number of hydrogen-bond donors (Lipinski definition) is 1. The average molecular weight is 655 g/mol. The van der Waals surface area contributed by atoms with Crippen LogP contribution in [0.5, 0.6) is 0 Å². The summed E-state index contributed by atoms with van der Waals surface area (Å²) in [5.41, 5.74) is 0.165. The van der Waals surface area contributed by atoms with Gasteiger partial charge in [-0.3, -0.25) is 4.79 Å². The molecule has 8 rings (SSSR count). The van der Waals surface area contributed by atoms with Crippen LogP contribution in [0.2, 0.25) is 0 Å². The predicted molar refractivity (Wildman–Crippen MR) is 174 cm³/mol. The smallest absolute Gasteiger partial charge is 0.333 e. The van der Waals surface area contributed by atoms with Gasteiger partial charge < -0.3 is 24.1 Å². The summed E-state index contributed by atoms with van der Waals surface area (Å²) >= 11 is 0. The Hall–Kier alpha value is -2.94. The number of fused-ring (bicyclic) bond motifs is 1. The van der Waals surface area contributed by atoms with E-state index in [9.17, 15) is 24.3 Å². The van der Waals surface area contributed by atoms with E-state index in [2.05, 4.69) is 33.6 Å². The molecule has 8 fully saturated rings. The molecule has 1 saturated heterocycles. The van der Waals surface area contributed by atoms with Crippen LogP contribution >= 0.6 is 0 Å². The van der Waals surface area contributed by atoms with Crippen molar-refractivity contribution in [3.05, 3.63) is 36.5 Å². The summed E-state index contributed by atoms with van der Waals surface area (Å²) in [6.45, 7) is 20.0. The third-order valence-corrected chi connectivity index (χ3v) is 11.8. The molecule has 1 aliphatic heterocycles. The zero-order valence-electron chi connectivity index (χ0n) is 28.9. The minimum atomic E-state index is -0.570. The quantitative estimate of drug-likeness (QED) is 0.191. The number of carbonyl (C=O) groups is 4. The van der Waals surface area contributed by atoms with Gasteiger partial charge in [-0.2, -0.15) is 0 Å². The number of esters is 4. The molecule has 0 aromatic carbocycles. The minimum absolute atomic E-state index is 0.0646. The van der Waals surface area contributed by atoms with Crippen molar-refractivity contribution in [1.82, 2.24) is 0 Å². The lowest BCUT2D eigenvalue weighted by Crippen LogP contribution is -2.60. The lowest BCUT2D eigenvalue weighted by Gasteiger charge is -2.59. The van der Waals surface area contributed by atoms with Crippen molar-refractivity contribution in [2.24, 2.45) is 35.5 Å². The van der Waals surface area contributed by atoms with E-state index in [4.69, 9.17) is 18.9 Å². The van der Waals surface area contributed by atoms with E-state index < -0.39 is 11.2 Å². The van der Waals surface area contributed by atoms with Gasteiger partial charge in [-0.05, 0) is 109 Å². The summed E-state index contributed by atoms with van der Waals surface area (Å²) in [6.07, 6.45) is 11.2. The summed E-state index contributed by atoms with van der Waals surface area (Å²) < 4.78 is 21.9. The first-order valence-corrected chi connectivity index (χ1v) is 17.5. The number of aliphatic hydroxyl groups is 1. The van der Waals surface area contributed by atoms with Gasteiger partial charge in [0.15, 0.2) is 0 Å². The molecular formula is C38H54O9. The molecule has 0 radical (unpaired) electrons. The van der Waals surface area contributed by atoms with E-state index in [-0.39, 0.29) is 53.5 Å². The van der Waals surface area contributed by atoms with E-state index in [0.29, 0.717) is 46.8 Å². The molecule has 7 aliphatic carbocycles. The Morgan fingerprint density at radius 3 is 1.89 bits per heavy atom. The summed E-state index contributed by atoms with van der Waals surface area (Å²) in [5, 5.41) is 10.5. The molecule has 7 atom stereocenters. The van der Waals surface area contributed by atoms with Gasteiger partial charge in [0.2, 0.25) is 0 Å². The van der Waals surface area contributed by atoms with Crippen LogP contribution in [0.25, 0.3) is 0 Å². The van der Waals surface area contributed by atoms with Gasteiger partial charge in [-0.1, -0.05) is 33.6 Å². The minimum Gasteiger partial charge on any atom is -0.458 e. The third kappa shape index (κ3) is 7.25. The molecule has 8 aliphatic rings. The van der Waals surface area contributed by atoms with Crippen molar-refractivity contribution in [3.8, 4) is 0 Å². The maximum absolute atomic E-state index is 11.7. The van der Waals surface area contributed by atoms with Crippen LogP contribution in [0.4, 0.5) is 0 Å². The Morgan fingerprint density at radius 2 is 1.38 bits per heavy atom. The van der Waals surface area contributed by atoms with Gasteiger partial charge in [0.25, 0.3) is 0 Å². The van der Waals surface area contributed by atoms with Crippen molar-refractivity contribution in [2.75, 3.05) is 0 Å². The second-order valence-corrected chi connectivity index (χ2v) is 16.2. The Bertz CT molecular complexity index is 1310. The number of carbonyl (C=O) groups excluding carboxylic acids is 4. The lowest BCUT2D eigenvalue weighted by molar-refractivity contribution is -0.217. The molecule has 7 saturated carbocycles. The van der Waals surface area contributed by atoms with E-state index in [1.165, 1.54) is 19.3 Å². The molecule has 47 heavy (non-hydrogen) atoms. The third-order valence-electron chi connectivity index (χ3n) is 11.8. The van der Waals surface area contributed by atoms with Gasteiger partial charge >= 0.3 is 23.9 Å². The highest BCUT2D eigenvalue weighted by molar-refractivity contribution is 5.88. The highest BCUT2D eigenvalue weighted by atomic mass is 16.6. The van der Waals surface area contributed by atoms with Crippen molar-refractivity contribution in [2.45, 2.75) is 141 Å². The summed E-state index contributed by atoms with van der Waals surface area (Å²) in [6, 6.07) is 0. The van der Waals surface area contributed by atoms with E-state index in [1.807, 2.05) is 0 Å². The first-order chi connectivity index (χ1) is 22.0. The number of rotatable bonds is 7. The molecule has 260 valence electrons. The van der Waals surface area contributed by atoms with Crippen LogP contribution in [0.1, 0.15) is 112 Å². The first kappa shape index (κ1) is 35.4. The Labute approximate surface area is 279 Å². The fourth-order valence-corrected chi connectivity index (χ4v) is 9.87. The standard InChI is InChI=1S/C14H20O3.C12H14O4.C12H20O2/c1-9(2)12(15)17-14-6-10-3-11(7-14)5-13(16,4-10)8-14;1-5(2)11(13)15-9-6-3-7-8(4-6)12(14)16-10(7)9;1-9(2)11(13)14-12(10(3)4)7-5-6-8-12/h10-11,16H,1,3-8H2,2H3;6-10H,1,3-4H2,2H3;10H,1,5-8H2,2-4H3. The van der Waals surface area contributed by atoms with E-state index in [1.54, 1.807) is 20.8 Å². The molecule has 0 spiro atoms. The van der Waals surface area contributed by atoms with Crippen molar-refractivity contribution in [3.63, 3.8) is 0 Å². The maximum atomic E-state index is 11.7. The highest BCUT2D eigenvalue weighted by Crippen LogP contribution is 2.59. The van der Waals surface area contributed by atoms with Crippen LogP contribution in [-0.2, 0) is 38.1 Å². The van der Waals surface area contributed by atoms with Crippen LogP contribution in [0, 0.1) is 35.5 Å². The molecule has 0 aromatic heterocycles. The molecule has 1 N–H and O–H groups in total. The van der Waals surface area contributed by atoms with Crippen LogP contribution in [0.3, 0.4) is 0 Å². The summed E-state index contributed by atoms with van der Waals surface area (Å²) in [7, 11) is 0. The van der Waals surface area contributed by atoms with Crippen LogP contribution in [-0.4, -0.2) is 58.0 Å². The average Bonchev–Trinajstić information content (AvgIpc) is 3.72. The van der Waals surface area contributed by atoms with Crippen molar-refractivity contribution < 1.29 is 43.2 Å². The molecule has 9 heteroatoms. The highest BCUT2D eigenvalue weighted by Gasteiger charge is 2.63. The van der Waals surface area contributed by atoms with Gasteiger partial charge in [0.05, 0.1) is 11.5 Å². The second kappa shape index (κ2) is 13.2. The molecule has 1 heterocycles. The predicted octanol–water partition coefficient (Wildman–Crippen LogP) is 6.32. The fraction of sp³-hybridized carbons (Fsp3) is 0.737. The summed E-state index contributed by atoms with van der Waals surface area (Å²) in [4.78, 5) is 46.2. The zero-order chi connectivity index (χ0) is 34.5. The van der Waals surface area contributed by atoms with Crippen molar-refractivity contribution in [1.29, 1.82) is 0 Å². The lowest BCUT2D eigenvalue weighted by atomic mass is 9.52. The molecule has 6 bridgehead atoms. The Balaban J connectivity index is 0.000000139. The summed E-state index contributed by atoms with van der Waals surface area (Å²) in [5.74, 6) is 1.11. The van der Waals surface area contributed by atoms with E-state index >= 15 is 0 Å². The van der Waals surface area contributed by atoms with Crippen molar-refractivity contribution >= 4 is 23.9 Å². The molecular weight excluding hydrogens is 600 g/mol. The van der Waals surface area contributed by atoms with Gasteiger partial charge in [-0.15, -0.1) is 0 Å². The van der Waals surface area contributed by atoms with E-state index in [0.717, 1.165) is 51.4 Å². The Morgan fingerprint density at radius 1 is 0.830 bits per heavy atom. The maximum Gasteiger partial charge on any atom is 0.333 e. The number of ether oxygens (including phenoxy) is 4.